The molecule has 1 aliphatic rings. The predicted octanol–water partition coefficient (Wildman–Crippen LogP) is 4.14. The van der Waals surface area contributed by atoms with Crippen molar-refractivity contribution in [2.24, 2.45) is 0 Å². The fourth-order valence-corrected chi connectivity index (χ4v) is 5.35. The summed E-state index contributed by atoms with van der Waals surface area (Å²) in [6.45, 7) is 0.468. The van der Waals surface area contributed by atoms with Gasteiger partial charge in [0.05, 0.1) is 15.5 Å². The minimum Gasteiger partial charge on any atom is -0.321 e. The summed E-state index contributed by atoms with van der Waals surface area (Å²) in [6.07, 6.45) is 1.68. The molecule has 138 valence electrons. The van der Waals surface area contributed by atoms with Crippen LogP contribution >= 0.6 is 11.3 Å². The fourth-order valence-electron chi connectivity index (χ4n) is 3.19. The molecule has 0 radical (unpaired) electrons. The molecule has 0 spiro atoms. The van der Waals surface area contributed by atoms with Gasteiger partial charge in [0.15, 0.2) is 0 Å². The van der Waals surface area contributed by atoms with Gasteiger partial charge in [-0.3, -0.25) is 9.10 Å². The first-order valence-electron chi connectivity index (χ1n) is 8.61. The van der Waals surface area contributed by atoms with Gasteiger partial charge in [-0.15, -0.1) is 11.3 Å². The van der Waals surface area contributed by atoms with E-state index < -0.39 is 10.0 Å². The first kappa shape index (κ1) is 17.8. The Morgan fingerprint density at radius 2 is 1.78 bits per heavy atom. The number of hydrogen-bond acceptors (Lipinski definition) is 4. The van der Waals surface area contributed by atoms with Crippen LogP contribution in [0.2, 0.25) is 0 Å². The summed E-state index contributed by atoms with van der Waals surface area (Å²) < 4.78 is 27.7. The fraction of sp³-hybridized carbons (Fsp3) is 0.150. The molecule has 1 aromatic heterocycles. The van der Waals surface area contributed by atoms with Crippen LogP contribution in [-0.4, -0.2) is 20.9 Å². The maximum Gasteiger partial charge on any atom is 0.265 e. The highest BCUT2D eigenvalue weighted by Gasteiger charge is 2.28. The topological polar surface area (TPSA) is 66.5 Å². The van der Waals surface area contributed by atoms with Gasteiger partial charge in [0, 0.05) is 12.2 Å². The molecule has 1 aliphatic heterocycles. The van der Waals surface area contributed by atoms with Crippen molar-refractivity contribution in [2.45, 2.75) is 17.7 Å². The molecule has 0 unspecified atom stereocenters. The molecule has 27 heavy (non-hydrogen) atoms. The number of para-hydroxylation sites is 1. The normalized spacial score (nSPS) is 13.9. The standard InChI is InChI=1S/C20H18N2O3S2/c23-20(19-8-4-14-26-19)21-16-9-11-17(12-10-16)27(24,25)22-13-3-6-15-5-1-2-7-18(15)22/h1-2,4-5,7-12,14H,3,6,13H2,(H,21,23). The van der Waals surface area contributed by atoms with Gasteiger partial charge in [-0.05, 0) is 60.2 Å². The lowest BCUT2D eigenvalue weighted by Gasteiger charge is -2.30. The van der Waals surface area contributed by atoms with E-state index in [0.717, 1.165) is 24.1 Å². The Morgan fingerprint density at radius 3 is 2.52 bits per heavy atom. The van der Waals surface area contributed by atoms with Crippen molar-refractivity contribution < 1.29 is 13.2 Å². The van der Waals surface area contributed by atoms with Crippen LogP contribution in [0, 0.1) is 0 Å². The van der Waals surface area contributed by atoms with Gasteiger partial charge >= 0.3 is 0 Å². The van der Waals surface area contributed by atoms with E-state index in [1.165, 1.54) is 27.8 Å². The van der Waals surface area contributed by atoms with Crippen LogP contribution in [0.1, 0.15) is 21.7 Å². The van der Waals surface area contributed by atoms with Gasteiger partial charge < -0.3 is 5.32 Å². The molecule has 2 aromatic carbocycles. The number of amides is 1. The van der Waals surface area contributed by atoms with Crippen LogP contribution in [0.3, 0.4) is 0 Å². The van der Waals surface area contributed by atoms with Crippen molar-refractivity contribution in [2.75, 3.05) is 16.2 Å². The van der Waals surface area contributed by atoms with Gasteiger partial charge in [-0.2, -0.15) is 0 Å². The molecular formula is C20H18N2O3S2. The van der Waals surface area contributed by atoms with Crippen molar-refractivity contribution in [3.63, 3.8) is 0 Å². The number of rotatable bonds is 4. The second-order valence-corrected chi connectivity index (χ2v) is 9.08. The summed E-state index contributed by atoms with van der Waals surface area (Å²) in [4.78, 5) is 12.9. The molecule has 5 nitrogen and oxygen atoms in total. The average molecular weight is 399 g/mol. The lowest BCUT2D eigenvalue weighted by atomic mass is 10.0. The molecule has 1 N–H and O–H groups in total. The Labute approximate surface area is 162 Å². The molecule has 1 amide bonds. The van der Waals surface area contributed by atoms with Gasteiger partial charge in [0.2, 0.25) is 0 Å². The van der Waals surface area contributed by atoms with E-state index in [1.54, 1.807) is 18.2 Å². The number of sulfonamides is 1. The molecule has 0 bridgehead atoms. The quantitative estimate of drug-likeness (QED) is 0.718. The summed E-state index contributed by atoms with van der Waals surface area (Å²) in [7, 11) is -3.64. The smallest absolute Gasteiger partial charge is 0.265 e. The zero-order valence-corrected chi connectivity index (χ0v) is 16.1. The molecule has 7 heteroatoms. The van der Waals surface area contributed by atoms with E-state index in [2.05, 4.69) is 5.32 Å². The van der Waals surface area contributed by atoms with Gasteiger partial charge in [-0.25, -0.2) is 8.42 Å². The second kappa shape index (κ2) is 7.17. The molecule has 0 saturated carbocycles. The van der Waals surface area contributed by atoms with E-state index in [4.69, 9.17) is 0 Å². The third kappa shape index (κ3) is 3.48. The lowest BCUT2D eigenvalue weighted by molar-refractivity contribution is 0.103. The third-order valence-electron chi connectivity index (χ3n) is 4.51. The SMILES string of the molecule is O=C(Nc1ccc(S(=O)(=O)N2CCCc3ccccc32)cc1)c1cccs1. The summed E-state index contributed by atoms with van der Waals surface area (Å²) in [6, 6.07) is 17.5. The van der Waals surface area contributed by atoms with Crippen LogP contribution in [-0.2, 0) is 16.4 Å². The number of carbonyl (C=O) groups is 1. The van der Waals surface area contributed by atoms with Gasteiger partial charge in [-0.1, -0.05) is 24.3 Å². The van der Waals surface area contributed by atoms with Crippen molar-refractivity contribution in [1.82, 2.24) is 0 Å². The number of hydrogen-bond donors (Lipinski definition) is 1. The summed E-state index contributed by atoms with van der Waals surface area (Å²) >= 11 is 1.36. The summed E-state index contributed by atoms with van der Waals surface area (Å²) in [5, 5.41) is 4.62. The summed E-state index contributed by atoms with van der Waals surface area (Å²) in [5.41, 5.74) is 2.36. The highest BCUT2D eigenvalue weighted by atomic mass is 32.2. The van der Waals surface area contributed by atoms with Crippen molar-refractivity contribution in [1.29, 1.82) is 0 Å². The minimum absolute atomic E-state index is 0.203. The predicted molar refractivity (Wildman–Crippen MR) is 108 cm³/mol. The molecule has 2 heterocycles. The highest BCUT2D eigenvalue weighted by molar-refractivity contribution is 7.92. The Kier molecular flexibility index (Phi) is 4.72. The lowest BCUT2D eigenvalue weighted by Crippen LogP contribution is -2.35. The number of aryl methyl sites for hydroxylation is 1. The Bertz CT molecular complexity index is 1060. The first-order valence-corrected chi connectivity index (χ1v) is 10.9. The zero-order chi connectivity index (χ0) is 18.9. The molecule has 3 aromatic rings. The van der Waals surface area contributed by atoms with Crippen molar-refractivity contribution in [3.05, 3.63) is 76.5 Å². The second-order valence-electron chi connectivity index (χ2n) is 6.27. The van der Waals surface area contributed by atoms with E-state index in [0.29, 0.717) is 17.1 Å². The molecule has 0 fully saturated rings. The van der Waals surface area contributed by atoms with E-state index >= 15 is 0 Å². The van der Waals surface area contributed by atoms with Gasteiger partial charge in [0.25, 0.3) is 15.9 Å². The highest BCUT2D eigenvalue weighted by Crippen LogP contribution is 2.32. The maximum atomic E-state index is 13.1. The van der Waals surface area contributed by atoms with Crippen LogP contribution in [0.5, 0.6) is 0 Å². The van der Waals surface area contributed by atoms with Crippen molar-refractivity contribution in [3.8, 4) is 0 Å². The number of nitrogens with one attached hydrogen (secondary N) is 1. The number of anilines is 2. The molecule has 4 rings (SSSR count). The molecule has 0 saturated heterocycles. The zero-order valence-electron chi connectivity index (χ0n) is 14.5. The maximum absolute atomic E-state index is 13.1. The van der Waals surface area contributed by atoms with E-state index in [1.807, 2.05) is 35.7 Å². The Balaban J connectivity index is 1.58. The van der Waals surface area contributed by atoms with Crippen LogP contribution in [0.15, 0.2) is 70.9 Å². The number of carbonyl (C=O) groups excluding carboxylic acids is 1. The monoisotopic (exact) mass is 398 g/mol. The van der Waals surface area contributed by atoms with Crippen LogP contribution < -0.4 is 9.62 Å². The Hall–Kier alpha value is -2.64. The molecule has 0 aliphatic carbocycles. The molecule has 0 atom stereocenters. The third-order valence-corrected chi connectivity index (χ3v) is 7.21. The van der Waals surface area contributed by atoms with Gasteiger partial charge in [0.1, 0.15) is 0 Å². The average Bonchev–Trinajstić information content (AvgIpc) is 3.23. The first-order chi connectivity index (χ1) is 13.1. The van der Waals surface area contributed by atoms with E-state index in [9.17, 15) is 13.2 Å². The Morgan fingerprint density at radius 1 is 1.00 bits per heavy atom. The van der Waals surface area contributed by atoms with E-state index in [-0.39, 0.29) is 10.8 Å². The van der Waals surface area contributed by atoms with Crippen LogP contribution in [0.4, 0.5) is 11.4 Å². The largest absolute Gasteiger partial charge is 0.321 e. The number of benzene rings is 2. The van der Waals surface area contributed by atoms with Crippen LogP contribution in [0.25, 0.3) is 0 Å². The number of fused-ring (bicyclic) bond motifs is 1. The summed E-state index contributed by atoms with van der Waals surface area (Å²) in [5.74, 6) is -0.203. The van der Waals surface area contributed by atoms with Crippen molar-refractivity contribution >= 4 is 38.6 Å². The molecular weight excluding hydrogens is 380 g/mol. The number of nitrogens with zero attached hydrogens (tertiary/aromatic N) is 1. The number of thiophene rings is 1. The minimum atomic E-state index is -3.64.